The van der Waals surface area contributed by atoms with Crippen LogP contribution in [0.4, 0.5) is 4.39 Å². The van der Waals surface area contributed by atoms with Gasteiger partial charge in [0.15, 0.2) is 11.4 Å². The molecule has 352 valence electrons. The molecule has 6 rings (SSSR count). The number of halogens is 1. The molecule has 0 bridgehead atoms. The highest BCUT2D eigenvalue weighted by atomic mass is 19.1. The fourth-order valence-electron chi connectivity index (χ4n) is 8.27. The van der Waals surface area contributed by atoms with Crippen LogP contribution in [0.25, 0.3) is 22.3 Å². The predicted octanol–water partition coefficient (Wildman–Crippen LogP) is 2.80. The number of hydrogen-bond acceptors (Lipinski definition) is 13. The molecule has 0 spiro atoms. The lowest BCUT2D eigenvalue weighted by atomic mass is 9.86. The van der Waals surface area contributed by atoms with Crippen LogP contribution in [0.5, 0.6) is 0 Å². The van der Waals surface area contributed by atoms with Crippen LogP contribution in [0, 0.1) is 24.6 Å². The molecule has 66 heavy (non-hydrogen) atoms. The number of ketones is 2. The first kappa shape index (κ1) is 49.0. The second-order valence-electron chi connectivity index (χ2n) is 17.2. The van der Waals surface area contributed by atoms with Crippen molar-refractivity contribution in [1.29, 1.82) is 0 Å². The lowest BCUT2D eigenvalue weighted by Gasteiger charge is -2.31. The Morgan fingerprint density at radius 3 is 2.35 bits per heavy atom. The number of hydrogen-bond donors (Lipinski definition) is 4. The van der Waals surface area contributed by atoms with E-state index in [0.29, 0.717) is 52.7 Å². The van der Waals surface area contributed by atoms with Crippen LogP contribution >= 0.6 is 0 Å². The van der Waals surface area contributed by atoms with Crippen molar-refractivity contribution in [3.8, 4) is 11.4 Å². The second-order valence-corrected chi connectivity index (χ2v) is 17.2. The zero-order valence-corrected chi connectivity index (χ0v) is 37.7. The first-order valence-corrected chi connectivity index (χ1v) is 22.1. The van der Waals surface area contributed by atoms with Gasteiger partial charge in [0.25, 0.3) is 17.4 Å². The molecular formula is C47H55FN6O12. The molecule has 0 radical (unpaired) electrons. The number of Topliss-reactive ketones (excluding diaryl/α,β-unsaturated/α-hetero) is 2. The first-order valence-electron chi connectivity index (χ1n) is 22.1. The number of ether oxygens (including phenoxy) is 2. The molecule has 3 aromatic rings. The zero-order chi connectivity index (χ0) is 48.0. The largest absolute Gasteiger partial charge is 0.458 e. The molecule has 19 heteroatoms. The molecule has 0 aliphatic carbocycles. The Bertz CT molecular complexity index is 2570. The minimum absolute atomic E-state index is 0.0128. The Hall–Kier alpha value is -6.47. The van der Waals surface area contributed by atoms with E-state index < -0.39 is 58.5 Å². The Labute approximate surface area is 379 Å². The second kappa shape index (κ2) is 20.8. The molecule has 0 saturated heterocycles. The number of aromatic nitrogens is 2. The third kappa shape index (κ3) is 10.6. The summed E-state index contributed by atoms with van der Waals surface area (Å²) in [6, 6.07) is 3.55. The molecule has 4 atom stereocenters. The number of imide groups is 1. The summed E-state index contributed by atoms with van der Waals surface area (Å²) in [4.78, 5) is 119. The van der Waals surface area contributed by atoms with Crippen LogP contribution in [0.1, 0.15) is 107 Å². The predicted molar refractivity (Wildman–Crippen MR) is 234 cm³/mol. The number of aliphatic hydroxyl groups is 1. The maximum absolute atomic E-state index is 14.8. The highest BCUT2D eigenvalue weighted by Gasteiger charge is 2.45. The number of esters is 1. The van der Waals surface area contributed by atoms with Crippen molar-refractivity contribution in [3.05, 3.63) is 74.3 Å². The SMILES string of the molecule is CC[C@@]1(O)C(=O)OCc2c1cc1n(c2=O)Cc2c-1nc1cc(F)c(C)cc1c2CNC(=O)CCOCNC(=O)[C@H](C)CC(=O)[C@H](C)NC(=O)[C@H](C)CC(=O)CCCCCN1C(=O)C=CC1=O. The molecule has 5 heterocycles. The monoisotopic (exact) mass is 914 g/mol. The molecule has 1 aromatic carbocycles. The maximum atomic E-state index is 14.8. The van der Waals surface area contributed by atoms with Crippen molar-refractivity contribution in [2.75, 3.05) is 19.9 Å². The molecule has 0 saturated carbocycles. The van der Waals surface area contributed by atoms with Crippen LogP contribution in [-0.4, -0.2) is 92.6 Å². The highest BCUT2D eigenvalue weighted by molar-refractivity contribution is 6.12. The number of nitrogens with zero attached hydrogens (tertiary/aromatic N) is 3. The first-order chi connectivity index (χ1) is 31.3. The zero-order valence-electron chi connectivity index (χ0n) is 37.7. The Kier molecular flexibility index (Phi) is 15.4. The van der Waals surface area contributed by atoms with Gasteiger partial charge in [0.05, 0.1) is 48.1 Å². The standard InChI is InChI=1S/C47H55FN6O12/c1-6-47(64)34-19-37-42-32(22-54(37)45(62)33(34)23-66-46(47)63)31(30-17-25(2)35(48)20-36(30)52-42)21-49-39(57)13-15-65-24-50-43(60)27(4)18-38(56)28(5)51-44(61)26(3)16-29(55)10-8-7-9-14-53-40(58)11-12-41(53)59/h11-12,17,19-20,26-28,64H,6-10,13-16,18,21-24H2,1-5H3,(H,49,57)(H,50,60)(H,51,61)/t26-,27-,28+,47+/m1/s1. The van der Waals surface area contributed by atoms with Gasteiger partial charge < -0.3 is 35.1 Å². The fourth-order valence-corrected chi connectivity index (χ4v) is 8.27. The number of carbonyl (C=O) groups excluding carboxylic acids is 8. The average Bonchev–Trinajstić information content (AvgIpc) is 3.81. The molecule has 5 amide bonds. The topological polar surface area (TPSA) is 249 Å². The Morgan fingerprint density at radius 1 is 0.924 bits per heavy atom. The molecule has 3 aliphatic rings. The van der Waals surface area contributed by atoms with E-state index in [1.54, 1.807) is 39.8 Å². The van der Waals surface area contributed by atoms with Gasteiger partial charge in [-0.3, -0.25) is 43.3 Å². The smallest absolute Gasteiger partial charge is 0.343 e. The van der Waals surface area contributed by atoms with Crippen molar-refractivity contribution in [1.82, 2.24) is 30.4 Å². The van der Waals surface area contributed by atoms with Gasteiger partial charge >= 0.3 is 5.97 Å². The fraction of sp³-hybridized carbons (Fsp3) is 0.489. The van der Waals surface area contributed by atoms with E-state index in [1.165, 1.54) is 29.7 Å². The number of rotatable bonds is 22. The Balaban J connectivity index is 0.930. The molecule has 2 aromatic heterocycles. The number of aryl methyl sites for hydroxylation is 1. The third-order valence-corrected chi connectivity index (χ3v) is 12.4. The van der Waals surface area contributed by atoms with E-state index in [0.717, 1.165) is 4.90 Å². The summed E-state index contributed by atoms with van der Waals surface area (Å²) >= 11 is 0. The minimum Gasteiger partial charge on any atom is -0.458 e. The van der Waals surface area contributed by atoms with E-state index >= 15 is 0 Å². The lowest BCUT2D eigenvalue weighted by Crippen LogP contribution is -2.44. The summed E-state index contributed by atoms with van der Waals surface area (Å²) in [6.07, 6.45) is 4.11. The molecule has 0 fully saturated rings. The summed E-state index contributed by atoms with van der Waals surface area (Å²) < 4.78 is 27.0. The van der Waals surface area contributed by atoms with E-state index in [2.05, 4.69) is 16.0 Å². The van der Waals surface area contributed by atoms with E-state index in [-0.39, 0.29) is 112 Å². The van der Waals surface area contributed by atoms with Gasteiger partial charge in [0.1, 0.15) is 24.9 Å². The summed E-state index contributed by atoms with van der Waals surface area (Å²) in [5.41, 5.74) is 0.338. The van der Waals surface area contributed by atoms with Gasteiger partial charge in [0.2, 0.25) is 17.7 Å². The number of unbranched alkanes of at least 4 members (excludes halogenated alkanes) is 2. The molecular weight excluding hydrogens is 860 g/mol. The summed E-state index contributed by atoms with van der Waals surface area (Å²) in [5, 5.41) is 19.9. The molecule has 3 aliphatic heterocycles. The van der Waals surface area contributed by atoms with E-state index in [1.807, 2.05) is 0 Å². The van der Waals surface area contributed by atoms with Crippen LogP contribution in [0.2, 0.25) is 0 Å². The van der Waals surface area contributed by atoms with Gasteiger partial charge in [-0.05, 0) is 56.4 Å². The number of pyridine rings is 2. The van der Waals surface area contributed by atoms with Crippen molar-refractivity contribution in [2.45, 2.75) is 117 Å². The summed E-state index contributed by atoms with van der Waals surface area (Å²) in [5.74, 6) is -5.36. The number of benzene rings is 1. The van der Waals surface area contributed by atoms with Crippen molar-refractivity contribution in [3.63, 3.8) is 0 Å². The van der Waals surface area contributed by atoms with Gasteiger partial charge in [0, 0.05) is 78.9 Å². The summed E-state index contributed by atoms with van der Waals surface area (Å²) in [6.45, 7) is 7.57. The lowest BCUT2D eigenvalue weighted by molar-refractivity contribution is -0.172. The minimum atomic E-state index is -2.03. The van der Waals surface area contributed by atoms with Crippen LogP contribution in [0.3, 0.4) is 0 Å². The number of carbonyl (C=O) groups is 8. The molecule has 18 nitrogen and oxygen atoms in total. The number of nitrogens with one attached hydrogen (secondary N) is 3. The quantitative estimate of drug-likeness (QED) is 0.0384. The van der Waals surface area contributed by atoms with Gasteiger partial charge in [-0.25, -0.2) is 14.2 Å². The normalized spacial score (nSPS) is 17.4. The highest BCUT2D eigenvalue weighted by Crippen LogP contribution is 2.40. The van der Waals surface area contributed by atoms with Crippen LogP contribution in [-0.2, 0) is 73.1 Å². The van der Waals surface area contributed by atoms with Gasteiger partial charge in [-0.2, -0.15) is 0 Å². The van der Waals surface area contributed by atoms with Crippen molar-refractivity contribution >= 4 is 58.0 Å². The van der Waals surface area contributed by atoms with E-state index in [9.17, 15) is 52.6 Å². The number of fused-ring (bicyclic) bond motifs is 5. The third-order valence-electron chi connectivity index (χ3n) is 12.4. The summed E-state index contributed by atoms with van der Waals surface area (Å²) in [7, 11) is 0. The number of amides is 5. The molecule has 4 N–H and O–H groups in total. The van der Waals surface area contributed by atoms with Crippen molar-refractivity contribution < 1.29 is 57.3 Å². The van der Waals surface area contributed by atoms with Gasteiger partial charge in [-0.1, -0.05) is 27.2 Å². The average molecular weight is 915 g/mol. The Morgan fingerprint density at radius 2 is 1.64 bits per heavy atom. The van der Waals surface area contributed by atoms with Gasteiger partial charge in [-0.15, -0.1) is 0 Å². The van der Waals surface area contributed by atoms with Crippen LogP contribution in [0.15, 0.2) is 35.1 Å². The van der Waals surface area contributed by atoms with E-state index in [4.69, 9.17) is 14.5 Å². The number of cyclic esters (lactones) is 1. The van der Waals surface area contributed by atoms with Crippen molar-refractivity contribution in [2.24, 2.45) is 11.8 Å². The van der Waals surface area contributed by atoms with Crippen LogP contribution < -0.4 is 21.5 Å². The molecule has 0 unspecified atom stereocenters. The maximum Gasteiger partial charge on any atom is 0.343 e.